The zero-order chi connectivity index (χ0) is 30.9. The van der Waals surface area contributed by atoms with Gasteiger partial charge in [-0.25, -0.2) is 0 Å². The van der Waals surface area contributed by atoms with Gasteiger partial charge in [0, 0.05) is 106 Å². The molecule has 222 valence electrons. The summed E-state index contributed by atoms with van der Waals surface area (Å²) in [5.74, 6) is 0. The van der Waals surface area contributed by atoms with Gasteiger partial charge in [0.2, 0.25) is 0 Å². The Labute approximate surface area is 231 Å². The van der Waals surface area contributed by atoms with Crippen molar-refractivity contribution < 1.29 is 80.5 Å². The van der Waals surface area contributed by atoms with Crippen LogP contribution in [0, 0.1) is 0 Å². The number of nitrogens with zero attached hydrogens (tertiary/aromatic N) is 6. The van der Waals surface area contributed by atoms with Crippen molar-refractivity contribution in [2.75, 3.05) is 84.6 Å². The van der Waals surface area contributed by atoms with Crippen LogP contribution in [-0.4, -0.2) is 151 Å². The van der Waals surface area contributed by atoms with Crippen molar-refractivity contribution >= 4 is 36.6 Å². The summed E-state index contributed by atoms with van der Waals surface area (Å²) in [6.07, 6.45) is -6.94. The number of amides is 6. The van der Waals surface area contributed by atoms with Crippen molar-refractivity contribution in [3.63, 3.8) is 0 Å². The van der Waals surface area contributed by atoms with Crippen molar-refractivity contribution in [3.8, 4) is 0 Å². The first kappa shape index (κ1) is 50.2. The molecule has 0 spiro atoms. The van der Waals surface area contributed by atoms with E-state index in [1.807, 2.05) is 0 Å². The van der Waals surface area contributed by atoms with Gasteiger partial charge in [-0.3, -0.25) is 0 Å². The summed E-state index contributed by atoms with van der Waals surface area (Å²) < 4.78 is 0. The van der Waals surface area contributed by atoms with Gasteiger partial charge in [0.15, 0.2) is 0 Å². The Bertz CT molecular complexity index is 505. The van der Waals surface area contributed by atoms with Crippen LogP contribution in [0.15, 0.2) is 0 Å². The van der Waals surface area contributed by atoms with E-state index in [0.29, 0.717) is 0 Å². The summed E-state index contributed by atoms with van der Waals surface area (Å²) in [6.45, 7) is 0. The van der Waals surface area contributed by atoms with Gasteiger partial charge in [0.1, 0.15) is 36.6 Å². The fourth-order valence-electron chi connectivity index (χ4n) is 0. The van der Waals surface area contributed by atoms with Crippen molar-refractivity contribution in [2.45, 2.75) is 0 Å². The topological polar surface area (TPSA) is 260 Å². The molecule has 0 rings (SSSR count). The molecule has 0 aromatic carbocycles. The van der Waals surface area contributed by atoms with E-state index in [1.165, 1.54) is 84.6 Å². The molecule has 0 aromatic rings. The Morgan fingerprint density at radius 2 is 0.324 bits per heavy atom. The molecule has 18 nitrogen and oxygen atoms in total. The summed E-state index contributed by atoms with van der Waals surface area (Å²) in [5.41, 5.74) is 0. The fourth-order valence-corrected chi connectivity index (χ4v) is 0. The average molecular weight is 624 g/mol. The Kier molecular flexibility index (Phi) is 41.2. The van der Waals surface area contributed by atoms with E-state index in [9.17, 15) is 59.4 Å². The zero-order valence-corrected chi connectivity index (χ0v) is 25.0. The third kappa shape index (κ3) is 72.0. The molecule has 0 aliphatic heterocycles. The Hall–Kier alpha value is -3.69. The van der Waals surface area contributed by atoms with Crippen LogP contribution in [0.1, 0.15) is 0 Å². The predicted molar refractivity (Wildman–Crippen MR) is 114 cm³/mol. The quantitative estimate of drug-likeness (QED) is 0.228. The third-order valence-corrected chi connectivity index (χ3v) is 2.19. The number of carboxylic acid groups (broad SMARTS) is 6. The molecule has 0 aliphatic rings. The number of hydrogen-bond donors (Lipinski definition) is 0. The molecule has 0 saturated carbocycles. The average Bonchev–Trinajstić information content (AvgIpc) is 2.69. The van der Waals surface area contributed by atoms with Crippen LogP contribution in [0.5, 0.6) is 0 Å². The van der Waals surface area contributed by atoms with Crippen molar-refractivity contribution in [1.82, 2.24) is 29.4 Å². The summed E-state index contributed by atoms with van der Waals surface area (Å²) in [4.78, 5) is 62.9. The second kappa shape index (κ2) is 30.3. The molecule has 0 bridgehead atoms. The molecule has 0 atom stereocenters. The standard InChI is InChI=1S/6C3H7NO2.Mo/c6*1-4(2)3(5)6;/h6*1-2H3,(H,5,6);/p-6. The van der Waals surface area contributed by atoms with E-state index < -0.39 is 36.6 Å². The Balaban J connectivity index is -0.0000000581. The van der Waals surface area contributed by atoms with Gasteiger partial charge in [-0.15, -0.1) is 0 Å². The van der Waals surface area contributed by atoms with Crippen LogP contribution in [0.3, 0.4) is 0 Å². The maximum absolute atomic E-state index is 9.51. The Morgan fingerprint density at radius 1 is 0.297 bits per heavy atom. The molecule has 0 saturated heterocycles. The van der Waals surface area contributed by atoms with E-state index in [2.05, 4.69) is 0 Å². The van der Waals surface area contributed by atoms with Crippen molar-refractivity contribution in [2.24, 2.45) is 0 Å². The van der Waals surface area contributed by atoms with Gasteiger partial charge < -0.3 is 88.8 Å². The summed E-state index contributed by atoms with van der Waals surface area (Å²) in [5, 5.41) is 57.1. The molecule has 0 radical (unpaired) electrons. The fraction of sp³-hybridized carbons (Fsp3) is 0.667. The molecule has 0 aliphatic carbocycles. The molecule has 0 unspecified atom stereocenters. The summed E-state index contributed by atoms with van der Waals surface area (Å²) >= 11 is 0. The third-order valence-electron chi connectivity index (χ3n) is 2.19. The smallest absolute Gasteiger partial charge is 0.136 e. The van der Waals surface area contributed by atoms with Crippen LogP contribution in [0.2, 0.25) is 0 Å². The molecule has 0 fully saturated rings. The largest absolute Gasteiger partial charge is 0.530 e. The van der Waals surface area contributed by atoms with Gasteiger partial charge in [0.05, 0.1) is 0 Å². The molecule has 37 heavy (non-hydrogen) atoms. The molecule has 0 N–H and O–H groups in total. The predicted octanol–water partition coefficient (Wildman–Crippen LogP) is -6.65. The number of rotatable bonds is 0. The van der Waals surface area contributed by atoms with E-state index >= 15 is 0 Å². The molecule has 19 heteroatoms. The minimum Gasteiger partial charge on any atom is -0.530 e. The van der Waals surface area contributed by atoms with Crippen LogP contribution in [0.4, 0.5) is 28.8 Å². The maximum Gasteiger partial charge on any atom is 0.136 e. The van der Waals surface area contributed by atoms with E-state index in [1.54, 1.807) is 0 Å². The molecule has 0 aromatic heterocycles. The van der Waals surface area contributed by atoms with E-state index in [-0.39, 0.29) is 21.1 Å². The number of hydrogen-bond acceptors (Lipinski definition) is 12. The van der Waals surface area contributed by atoms with Crippen LogP contribution >= 0.6 is 0 Å². The van der Waals surface area contributed by atoms with Gasteiger partial charge >= 0.3 is 0 Å². The molecule has 0 heterocycles. The van der Waals surface area contributed by atoms with Crippen LogP contribution in [0.25, 0.3) is 0 Å². The molecular weight excluding hydrogens is 588 g/mol. The van der Waals surface area contributed by atoms with Crippen molar-refractivity contribution in [1.29, 1.82) is 0 Å². The monoisotopic (exact) mass is 626 g/mol. The van der Waals surface area contributed by atoms with Gasteiger partial charge in [0.25, 0.3) is 0 Å². The second-order valence-electron chi connectivity index (χ2n) is 6.96. The van der Waals surface area contributed by atoms with E-state index in [4.69, 9.17) is 0 Å². The SMILES string of the molecule is CN(C)C(=O)[O-].CN(C)C(=O)[O-].CN(C)C(=O)[O-].CN(C)C(=O)[O-].CN(C)C(=O)[O-].CN(C)C(=O)[O-].[Mo]. The van der Waals surface area contributed by atoms with Gasteiger partial charge in [-0.2, -0.15) is 0 Å². The molecular formula is C18H36MoN6O12-6. The molecule has 6 amide bonds. The van der Waals surface area contributed by atoms with Crippen LogP contribution < -0.4 is 30.6 Å². The minimum absolute atomic E-state index is 0. The first-order chi connectivity index (χ1) is 15.9. The second-order valence-corrected chi connectivity index (χ2v) is 6.96. The van der Waals surface area contributed by atoms with E-state index in [0.717, 1.165) is 29.4 Å². The first-order valence-corrected chi connectivity index (χ1v) is 9.16. The Morgan fingerprint density at radius 3 is 0.324 bits per heavy atom. The number of carbonyl (C=O) groups excluding carboxylic acids is 6. The number of carbonyl (C=O) groups is 6. The van der Waals surface area contributed by atoms with Gasteiger partial charge in [-0.1, -0.05) is 0 Å². The maximum atomic E-state index is 9.51. The van der Waals surface area contributed by atoms with Crippen LogP contribution in [-0.2, 0) is 21.1 Å². The zero-order valence-electron chi connectivity index (χ0n) is 23.0. The van der Waals surface area contributed by atoms with Crippen molar-refractivity contribution in [3.05, 3.63) is 0 Å². The van der Waals surface area contributed by atoms with Gasteiger partial charge in [-0.05, 0) is 0 Å². The minimum atomic E-state index is -1.16. The summed E-state index contributed by atoms with van der Waals surface area (Å²) in [6, 6.07) is 0. The first-order valence-electron chi connectivity index (χ1n) is 9.16. The summed E-state index contributed by atoms with van der Waals surface area (Å²) in [7, 11) is 16.9. The normalized spacial score (nSPS) is 7.46.